The molecule has 1 heterocycles. The Kier molecular flexibility index (Phi) is 13.7. The summed E-state index contributed by atoms with van der Waals surface area (Å²) >= 11 is 0. The third-order valence-corrected chi connectivity index (χ3v) is 5.31. The minimum atomic E-state index is -2.29. The van der Waals surface area contributed by atoms with Crippen LogP contribution in [0.25, 0.3) is 0 Å². The van der Waals surface area contributed by atoms with Gasteiger partial charge in [-0.1, -0.05) is 63.3 Å². The van der Waals surface area contributed by atoms with Crippen molar-refractivity contribution in [2.75, 3.05) is 13.2 Å². The van der Waals surface area contributed by atoms with Gasteiger partial charge < -0.3 is 19.7 Å². The molecule has 0 radical (unpaired) electrons. The SMILES string of the molecule is CCCCC/C=C\C/C=C\CCCCCCCC(=O)C1(CO)OC(=O)C(CO)OC1=O. The molecule has 1 aliphatic heterocycles. The first-order valence-electron chi connectivity index (χ1n) is 11.5. The van der Waals surface area contributed by atoms with E-state index in [-0.39, 0.29) is 6.42 Å². The molecular formula is C24H38O7. The maximum absolute atomic E-state index is 12.4. The Morgan fingerprint density at radius 3 is 2.16 bits per heavy atom. The van der Waals surface area contributed by atoms with Crippen LogP contribution >= 0.6 is 0 Å². The van der Waals surface area contributed by atoms with E-state index in [4.69, 9.17) is 14.6 Å². The number of cyclic esters (lactones) is 2. The highest BCUT2D eigenvalue weighted by Crippen LogP contribution is 2.25. The van der Waals surface area contributed by atoms with E-state index in [0.717, 1.165) is 44.9 Å². The molecule has 31 heavy (non-hydrogen) atoms. The third kappa shape index (κ3) is 9.35. The number of hydrogen-bond acceptors (Lipinski definition) is 7. The van der Waals surface area contributed by atoms with Gasteiger partial charge in [-0.25, -0.2) is 9.59 Å². The number of rotatable bonds is 17. The molecule has 2 unspecified atom stereocenters. The van der Waals surface area contributed by atoms with Gasteiger partial charge in [0, 0.05) is 6.42 Å². The van der Waals surface area contributed by atoms with Crippen LogP contribution in [0.3, 0.4) is 0 Å². The van der Waals surface area contributed by atoms with Crippen molar-refractivity contribution in [3.05, 3.63) is 24.3 Å². The molecule has 1 rings (SSSR count). The number of carbonyl (C=O) groups excluding carboxylic acids is 3. The largest absolute Gasteiger partial charge is 0.444 e. The minimum absolute atomic E-state index is 0.0111. The van der Waals surface area contributed by atoms with Gasteiger partial charge in [-0.15, -0.1) is 0 Å². The first-order chi connectivity index (χ1) is 15.0. The molecule has 0 aliphatic carbocycles. The molecule has 0 bridgehead atoms. The van der Waals surface area contributed by atoms with Crippen LogP contribution in [-0.2, 0) is 23.9 Å². The highest BCUT2D eigenvalue weighted by Gasteiger charge is 2.55. The number of carbonyl (C=O) groups is 3. The van der Waals surface area contributed by atoms with E-state index in [0.29, 0.717) is 6.42 Å². The zero-order chi connectivity index (χ0) is 23.0. The second-order valence-corrected chi connectivity index (χ2v) is 7.89. The molecule has 176 valence electrons. The topological polar surface area (TPSA) is 110 Å². The van der Waals surface area contributed by atoms with Crippen LogP contribution in [0.1, 0.15) is 84.0 Å². The van der Waals surface area contributed by atoms with Crippen molar-refractivity contribution in [3.8, 4) is 0 Å². The number of unbranched alkanes of at least 4 members (excludes halogenated alkanes) is 8. The fourth-order valence-electron chi connectivity index (χ4n) is 3.32. The molecule has 7 heteroatoms. The van der Waals surface area contributed by atoms with E-state index in [2.05, 4.69) is 31.2 Å². The van der Waals surface area contributed by atoms with E-state index in [1.165, 1.54) is 19.3 Å². The van der Waals surface area contributed by atoms with E-state index in [1.54, 1.807) is 0 Å². The molecule has 2 atom stereocenters. The van der Waals surface area contributed by atoms with Gasteiger partial charge >= 0.3 is 11.9 Å². The van der Waals surface area contributed by atoms with Crippen molar-refractivity contribution in [1.82, 2.24) is 0 Å². The molecule has 0 spiro atoms. The smallest absolute Gasteiger partial charge is 0.362 e. The van der Waals surface area contributed by atoms with E-state index < -0.39 is 42.6 Å². The number of hydrogen-bond donors (Lipinski definition) is 2. The molecule has 0 saturated carbocycles. The maximum atomic E-state index is 12.4. The summed E-state index contributed by atoms with van der Waals surface area (Å²) < 4.78 is 9.64. The van der Waals surface area contributed by atoms with Gasteiger partial charge in [0.2, 0.25) is 6.10 Å². The highest BCUT2D eigenvalue weighted by molar-refractivity contribution is 6.10. The number of aliphatic hydroxyl groups is 2. The Labute approximate surface area is 185 Å². The van der Waals surface area contributed by atoms with Gasteiger partial charge in [0.25, 0.3) is 5.60 Å². The Morgan fingerprint density at radius 2 is 1.55 bits per heavy atom. The summed E-state index contributed by atoms with van der Waals surface area (Å²) in [6.07, 6.45) is 18.8. The number of ketones is 1. The summed E-state index contributed by atoms with van der Waals surface area (Å²) in [5, 5.41) is 18.5. The summed E-state index contributed by atoms with van der Waals surface area (Å²) in [6.45, 7) is 0.514. The van der Waals surface area contributed by atoms with Crippen LogP contribution in [-0.4, -0.2) is 52.9 Å². The summed E-state index contributed by atoms with van der Waals surface area (Å²) in [4.78, 5) is 36.2. The lowest BCUT2D eigenvalue weighted by atomic mass is 9.93. The zero-order valence-electron chi connectivity index (χ0n) is 18.7. The van der Waals surface area contributed by atoms with Crippen LogP contribution in [0, 0.1) is 0 Å². The highest BCUT2D eigenvalue weighted by atomic mass is 16.7. The number of aliphatic hydroxyl groups excluding tert-OH is 2. The van der Waals surface area contributed by atoms with Crippen LogP contribution in [0.5, 0.6) is 0 Å². The fraction of sp³-hybridized carbons (Fsp3) is 0.708. The minimum Gasteiger partial charge on any atom is -0.444 e. The maximum Gasteiger partial charge on any atom is 0.362 e. The average molecular weight is 439 g/mol. The van der Waals surface area contributed by atoms with Crippen LogP contribution < -0.4 is 0 Å². The van der Waals surface area contributed by atoms with Gasteiger partial charge in [-0.2, -0.15) is 0 Å². The fourth-order valence-corrected chi connectivity index (χ4v) is 3.32. The summed E-state index contributed by atoms with van der Waals surface area (Å²) in [6, 6.07) is 0. The number of allylic oxidation sites excluding steroid dienone is 4. The van der Waals surface area contributed by atoms with E-state index in [9.17, 15) is 19.5 Å². The van der Waals surface area contributed by atoms with Gasteiger partial charge in [0.15, 0.2) is 5.78 Å². The van der Waals surface area contributed by atoms with Gasteiger partial charge in [0.05, 0.1) is 6.61 Å². The van der Waals surface area contributed by atoms with Crippen molar-refractivity contribution in [2.24, 2.45) is 0 Å². The lowest BCUT2D eigenvalue weighted by Gasteiger charge is -2.34. The molecule has 0 aromatic heterocycles. The Morgan fingerprint density at radius 1 is 0.935 bits per heavy atom. The molecule has 1 fully saturated rings. The third-order valence-electron chi connectivity index (χ3n) is 5.31. The second kappa shape index (κ2) is 15.8. The quantitative estimate of drug-likeness (QED) is 0.155. The predicted octanol–water partition coefficient (Wildman–Crippen LogP) is 3.56. The zero-order valence-corrected chi connectivity index (χ0v) is 18.7. The molecule has 7 nitrogen and oxygen atoms in total. The molecule has 0 aromatic rings. The second-order valence-electron chi connectivity index (χ2n) is 7.89. The van der Waals surface area contributed by atoms with Crippen LogP contribution in [0.2, 0.25) is 0 Å². The van der Waals surface area contributed by atoms with Crippen molar-refractivity contribution >= 4 is 17.7 Å². The lowest BCUT2D eigenvalue weighted by Crippen LogP contribution is -2.61. The van der Waals surface area contributed by atoms with E-state index in [1.807, 2.05) is 0 Å². The van der Waals surface area contributed by atoms with Crippen molar-refractivity contribution < 1.29 is 34.1 Å². The first kappa shape index (κ1) is 27.0. The standard InChI is InChI=1S/C24H38O7/c1-2-3-4-5-6-7-8-9-10-11-12-13-14-15-16-17-21(27)24(19-26)23(29)30-20(18-25)22(28)31-24/h6-7,9-10,20,25-26H,2-5,8,11-19H2,1H3/b7-6-,10-9-. The van der Waals surface area contributed by atoms with Gasteiger partial charge in [-0.05, 0) is 38.5 Å². The molecule has 1 saturated heterocycles. The number of esters is 2. The predicted molar refractivity (Wildman–Crippen MR) is 117 cm³/mol. The first-order valence-corrected chi connectivity index (χ1v) is 11.5. The van der Waals surface area contributed by atoms with E-state index >= 15 is 0 Å². The molecule has 0 aromatic carbocycles. The van der Waals surface area contributed by atoms with Crippen molar-refractivity contribution in [3.63, 3.8) is 0 Å². The molecule has 2 N–H and O–H groups in total. The Bertz CT molecular complexity index is 611. The van der Waals surface area contributed by atoms with Gasteiger partial charge in [0.1, 0.15) is 6.61 Å². The van der Waals surface area contributed by atoms with Crippen LogP contribution in [0.15, 0.2) is 24.3 Å². The number of ether oxygens (including phenoxy) is 2. The summed E-state index contributed by atoms with van der Waals surface area (Å²) in [5.41, 5.74) is -2.29. The normalized spacial score (nSPS) is 21.6. The Balaban J connectivity index is 2.15. The molecular weight excluding hydrogens is 400 g/mol. The number of Topliss-reactive ketones (excluding diaryl/α,β-unsaturated/α-hetero) is 1. The lowest BCUT2D eigenvalue weighted by molar-refractivity contribution is -0.217. The summed E-state index contributed by atoms with van der Waals surface area (Å²) in [5.74, 6) is -2.82. The Hall–Kier alpha value is -1.99. The monoisotopic (exact) mass is 438 g/mol. The molecule has 1 aliphatic rings. The summed E-state index contributed by atoms with van der Waals surface area (Å²) in [7, 11) is 0. The van der Waals surface area contributed by atoms with Gasteiger partial charge in [-0.3, -0.25) is 4.79 Å². The van der Waals surface area contributed by atoms with Crippen molar-refractivity contribution in [2.45, 2.75) is 95.7 Å². The van der Waals surface area contributed by atoms with Crippen molar-refractivity contribution in [1.29, 1.82) is 0 Å². The van der Waals surface area contributed by atoms with Crippen LogP contribution in [0.4, 0.5) is 0 Å². The average Bonchev–Trinajstić information content (AvgIpc) is 2.77. The molecule has 0 amide bonds.